The molecule has 0 radical (unpaired) electrons. The molecule has 8 heteroatoms. The van der Waals surface area contributed by atoms with Gasteiger partial charge in [-0.25, -0.2) is 5.48 Å². The zero-order chi connectivity index (χ0) is 24.5. The second kappa shape index (κ2) is 12.1. The van der Waals surface area contributed by atoms with E-state index in [-0.39, 0.29) is 18.2 Å². The highest BCUT2D eigenvalue weighted by Crippen LogP contribution is 2.31. The number of fused-ring (bicyclic) bond motifs is 1. The Kier molecular flexibility index (Phi) is 8.93. The standard InChI is InChI=1S/C26H32N4O4/c1-3-21-26(33)30(2)22-16-15-19(17-20(22)25(28-21)18-11-7-6-8-12-18)27-23(31)13-9-4-5-10-14-24(32)29-34/h6-8,11-12,15-17,21,34H,3-5,9-10,13-14H2,1-2H3,(H,27,31)(H,29,32). The molecule has 0 bridgehead atoms. The fraction of sp³-hybridized carbons (Fsp3) is 0.385. The van der Waals surface area contributed by atoms with E-state index < -0.39 is 11.9 Å². The first-order chi connectivity index (χ1) is 16.4. The zero-order valence-corrected chi connectivity index (χ0v) is 19.7. The lowest BCUT2D eigenvalue weighted by molar-refractivity contribution is -0.129. The minimum atomic E-state index is -0.464. The van der Waals surface area contributed by atoms with Crippen molar-refractivity contribution in [3.05, 3.63) is 59.7 Å². The summed E-state index contributed by atoms with van der Waals surface area (Å²) in [4.78, 5) is 42.9. The van der Waals surface area contributed by atoms with E-state index in [1.807, 2.05) is 55.5 Å². The Morgan fingerprint density at radius 3 is 2.32 bits per heavy atom. The molecule has 0 saturated carbocycles. The van der Waals surface area contributed by atoms with Gasteiger partial charge in [-0.05, 0) is 37.5 Å². The normalized spacial score (nSPS) is 15.3. The van der Waals surface area contributed by atoms with Crippen LogP contribution in [0.2, 0.25) is 0 Å². The fourth-order valence-corrected chi connectivity index (χ4v) is 4.01. The Bertz CT molecular complexity index is 1050. The van der Waals surface area contributed by atoms with Gasteiger partial charge in [0, 0.05) is 36.7 Å². The Morgan fingerprint density at radius 2 is 1.68 bits per heavy atom. The molecule has 3 rings (SSSR count). The smallest absolute Gasteiger partial charge is 0.251 e. The van der Waals surface area contributed by atoms with Crippen molar-refractivity contribution in [2.75, 3.05) is 17.3 Å². The minimum Gasteiger partial charge on any atom is -0.326 e. The molecule has 0 aromatic heterocycles. The molecule has 1 aliphatic rings. The number of hydrogen-bond donors (Lipinski definition) is 3. The molecule has 1 unspecified atom stereocenters. The van der Waals surface area contributed by atoms with Crippen molar-refractivity contribution in [1.82, 2.24) is 5.48 Å². The summed E-state index contributed by atoms with van der Waals surface area (Å²) in [6, 6.07) is 14.8. The van der Waals surface area contributed by atoms with Gasteiger partial charge in [-0.2, -0.15) is 0 Å². The van der Waals surface area contributed by atoms with Crippen LogP contribution in [0, 0.1) is 0 Å². The maximum Gasteiger partial charge on any atom is 0.251 e. The lowest BCUT2D eigenvalue weighted by Gasteiger charge is -2.20. The van der Waals surface area contributed by atoms with Crippen LogP contribution < -0.4 is 15.7 Å². The molecule has 0 saturated heterocycles. The molecule has 34 heavy (non-hydrogen) atoms. The summed E-state index contributed by atoms with van der Waals surface area (Å²) >= 11 is 0. The number of hydrogen-bond acceptors (Lipinski definition) is 5. The number of carbonyl (C=O) groups is 3. The molecule has 0 fully saturated rings. The number of amides is 3. The van der Waals surface area contributed by atoms with Gasteiger partial charge in [-0.15, -0.1) is 0 Å². The molecule has 2 aromatic rings. The van der Waals surface area contributed by atoms with Crippen LogP contribution in [0.15, 0.2) is 53.5 Å². The second-order valence-corrected chi connectivity index (χ2v) is 8.39. The lowest BCUT2D eigenvalue weighted by Crippen LogP contribution is -2.34. The highest BCUT2D eigenvalue weighted by atomic mass is 16.5. The number of hydroxylamine groups is 1. The SMILES string of the molecule is CCC1N=C(c2ccccc2)c2cc(NC(=O)CCCCCCC(=O)NO)ccc2N(C)C1=O. The van der Waals surface area contributed by atoms with Crippen LogP contribution in [-0.4, -0.2) is 41.7 Å². The van der Waals surface area contributed by atoms with Gasteiger partial charge < -0.3 is 10.2 Å². The zero-order valence-electron chi connectivity index (χ0n) is 19.7. The van der Waals surface area contributed by atoms with Crippen molar-refractivity contribution in [3.8, 4) is 0 Å². The lowest BCUT2D eigenvalue weighted by atomic mass is 9.99. The van der Waals surface area contributed by atoms with Gasteiger partial charge in [0.1, 0.15) is 6.04 Å². The molecule has 0 aliphatic carbocycles. The molecular formula is C26H32N4O4. The third-order valence-corrected chi connectivity index (χ3v) is 5.91. The molecule has 8 nitrogen and oxygen atoms in total. The summed E-state index contributed by atoms with van der Waals surface area (Å²) < 4.78 is 0. The van der Waals surface area contributed by atoms with Gasteiger partial charge in [0.15, 0.2) is 0 Å². The predicted octanol–water partition coefficient (Wildman–Crippen LogP) is 4.06. The molecule has 0 spiro atoms. The first-order valence-corrected chi connectivity index (χ1v) is 11.7. The van der Waals surface area contributed by atoms with Gasteiger partial charge in [-0.1, -0.05) is 50.1 Å². The molecule has 3 amide bonds. The monoisotopic (exact) mass is 464 g/mol. The van der Waals surface area contributed by atoms with Gasteiger partial charge >= 0.3 is 0 Å². The van der Waals surface area contributed by atoms with Gasteiger partial charge in [0.2, 0.25) is 11.8 Å². The van der Waals surface area contributed by atoms with Gasteiger partial charge in [0.05, 0.1) is 11.4 Å². The van der Waals surface area contributed by atoms with Crippen molar-refractivity contribution >= 4 is 34.8 Å². The van der Waals surface area contributed by atoms with Crippen molar-refractivity contribution < 1.29 is 19.6 Å². The van der Waals surface area contributed by atoms with Crippen LogP contribution in [0.25, 0.3) is 0 Å². The number of benzene rings is 2. The number of unbranched alkanes of at least 4 members (excludes halogenated alkanes) is 3. The quantitative estimate of drug-likeness (QED) is 0.280. The predicted molar refractivity (Wildman–Crippen MR) is 132 cm³/mol. The first-order valence-electron chi connectivity index (χ1n) is 11.7. The van der Waals surface area contributed by atoms with E-state index in [4.69, 9.17) is 10.2 Å². The summed E-state index contributed by atoms with van der Waals surface area (Å²) in [6.45, 7) is 1.95. The number of likely N-dealkylation sites (N-methyl/N-ethyl adjacent to an activating group) is 1. The number of carbonyl (C=O) groups excluding carboxylic acids is 3. The molecule has 2 aromatic carbocycles. The van der Waals surface area contributed by atoms with Crippen LogP contribution in [0.5, 0.6) is 0 Å². The molecule has 1 atom stereocenters. The number of anilines is 2. The van der Waals surface area contributed by atoms with E-state index in [0.717, 1.165) is 35.4 Å². The Morgan fingerprint density at radius 1 is 1.00 bits per heavy atom. The van der Waals surface area contributed by atoms with Crippen LogP contribution in [0.3, 0.4) is 0 Å². The summed E-state index contributed by atoms with van der Waals surface area (Å²) in [7, 11) is 1.76. The number of benzodiazepines with no additional fused rings is 1. The van der Waals surface area contributed by atoms with E-state index in [1.54, 1.807) is 17.4 Å². The van der Waals surface area contributed by atoms with Crippen LogP contribution in [0.4, 0.5) is 11.4 Å². The largest absolute Gasteiger partial charge is 0.326 e. The Hall–Kier alpha value is -3.52. The van der Waals surface area contributed by atoms with Crippen molar-refractivity contribution in [2.24, 2.45) is 4.99 Å². The van der Waals surface area contributed by atoms with E-state index in [0.29, 0.717) is 31.4 Å². The van der Waals surface area contributed by atoms with Crippen molar-refractivity contribution in [2.45, 2.75) is 57.9 Å². The highest BCUT2D eigenvalue weighted by Gasteiger charge is 2.29. The minimum absolute atomic E-state index is 0.0528. The average molecular weight is 465 g/mol. The molecule has 3 N–H and O–H groups in total. The number of nitrogens with zero attached hydrogens (tertiary/aromatic N) is 2. The number of aliphatic imine (C=N–C) groups is 1. The average Bonchev–Trinajstić information content (AvgIpc) is 2.96. The topological polar surface area (TPSA) is 111 Å². The second-order valence-electron chi connectivity index (χ2n) is 8.39. The number of nitrogens with one attached hydrogen (secondary N) is 2. The maximum absolute atomic E-state index is 12.9. The Balaban J connectivity index is 1.73. The summed E-state index contributed by atoms with van der Waals surface area (Å²) in [5.74, 6) is -0.532. The van der Waals surface area contributed by atoms with E-state index >= 15 is 0 Å². The molecule has 180 valence electrons. The van der Waals surface area contributed by atoms with Crippen LogP contribution >= 0.6 is 0 Å². The summed E-state index contributed by atoms with van der Waals surface area (Å²) in [6.07, 6.45) is 4.27. The Labute approximate surface area is 200 Å². The highest BCUT2D eigenvalue weighted by molar-refractivity contribution is 6.20. The van der Waals surface area contributed by atoms with Crippen molar-refractivity contribution in [3.63, 3.8) is 0 Å². The first kappa shape index (κ1) is 25.1. The summed E-state index contributed by atoms with van der Waals surface area (Å²) in [5, 5.41) is 11.5. The molecular weight excluding hydrogens is 432 g/mol. The van der Waals surface area contributed by atoms with E-state index in [2.05, 4.69) is 5.32 Å². The molecule has 1 heterocycles. The number of rotatable bonds is 10. The van der Waals surface area contributed by atoms with Crippen molar-refractivity contribution in [1.29, 1.82) is 0 Å². The van der Waals surface area contributed by atoms with Gasteiger partial charge in [0.25, 0.3) is 5.91 Å². The van der Waals surface area contributed by atoms with Crippen LogP contribution in [-0.2, 0) is 14.4 Å². The van der Waals surface area contributed by atoms with E-state index in [1.165, 1.54) is 0 Å². The van der Waals surface area contributed by atoms with Gasteiger partial charge in [-0.3, -0.25) is 24.6 Å². The van der Waals surface area contributed by atoms with E-state index in [9.17, 15) is 14.4 Å². The third kappa shape index (κ3) is 6.29. The van der Waals surface area contributed by atoms with Crippen LogP contribution in [0.1, 0.15) is 63.0 Å². The third-order valence-electron chi connectivity index (χ3n) is 5.91. The maximum atomic E-state index is 12.9. The fourth-order valence-electron chi connectivity index (χ4n) is 4.01. The summed E-state index contributed by atoms with van der Waals surface area (Å²) in [5.41, 5.74) is 5.49. The molecule has 1 aliphatic heterocycles.